The van der Waals surface area contributed by atoms with Gasteiger partial charge in [0.15, 0.2) is 5.13 Å². The van der Waals surface area contributed by atoms with E-state index in [9.17, 15) is 9.59 Å². The lowest BCUT2D eigenvalue weighted by Crippen LogP contribution is -2.19. The maximum atomic E-state index is 12.8. The van der Waals surface area contributed by atoms with Gasteiger partial charge in [-0.1, -0.05) is 12.1 Å². The van der Waals surface area contributed by atoms with Crippen molar-refractivity contribution in [3.63, 3.8) is 0 Å². The van der Waals surface area contributed by atoms with Gasteiger partial charge in [0.05, 0.1) is 28.8 Å². The maximum Gasteiger partial charge on any atom is 0.261 e. The van der Waals surface area contributed by atoms with Crippen molar-refractivity contribution in [1.29, 1.82) is 0 Å². The van der Waals surface area contributed by atoms with E-state index in [1.807, 2.05) is 29.6 Å². The zero-order valence-corrected chi connectivity index (χ0v) is 18.7. The Morgan fingerprint density at radius 2 is 2.13 bits per heavy atom. The lowest BCUT2D eigenvalue weighted by atomic mass is 10.2. The Bertz CT molecular complexity index is 1060. The Morgan fingerprint density at radius 1 is 1.26 bits per heavy atom. The minimum absolute atomic E-state index is 0.0614. The van der Waals surface area contributed by atoms with Crippen LogP contribution in [0.1, 0.15) is 35.0 Å². The summed E-state index contributed by atoms with van der Waals surface area (Å²) in [6, 6.07) is 11.1. The molecule has 0 radical (unpaired) electrons. The van der Waals surface area contributed by atoms with Crippen LogP contribution in [0, 0.1) is 0 Å². The molecular weight excluding hydrogens is 434 g/mol. The predicted molar refractivity (Wildman–Crippen MR) is 122 cm³/mol. The van der Waals surface area contributed by atoms with E-state index in [0.29, 0.717) is 29.6 Å². The summed E-state index contributed by atoms with van der Waals surface area (Å²) in [7, 11) is 0. The first kappa shape index (κ1) is 21.5. The van der Waals surface area contributed by atoms with Gasteiger partial charge in [-0.3, -0.25) is 14.9 Å². The summed E-state index contributed by atoms with van der Waals surface area (Å²) in [6.07, 6.45) is 2.10. The highest BCUT2D eigenvalue weighted by atomic mass is 32.1. The van der Waals surface area contributed by atoms with Gasteiger partial charge in [0.25, 0.3) is 5.91 Å². The summed E-state index contributed by atoms with van der Waals surface area (Å²) in [5.74, 6) is 0.211. The van der Waals surface area contributed by atoms with Crippen molar-refractivity contribution in [1.82, 2.24) is 10.3 Å². The highest BCUT2D eigenvalue weighted by Crippen LogP contribution is 2.31. The van der Waals surface area contributed by atoms with E-state index in [1.165, 1.54) is 18.3 Å². The zero-order valence-electron chi connectivity index (χ0n) is 17.1. The Labute approximate surface area is 188 Å². The van der Waals surface area contributed by atoms with Crippen LogP contribution in [0.25, 0.3) is 10.6 Å². The standard InChI is InChI=1S/C22H23N3O4S2/c1-14(26)23-11-16-8-9-20(31-16)18-13-30-22(24-18)25-21(27)17-6-2-3-7-19(17)29-12-15-5-4-10-28-15/h2-3,6-9,13,15H,4-5,10-12H2,1H3,(H,23,26)(H,24,25,27). The van der Waals surface area contributed by atoms with Crippen LogP contribution in [0.5, 0.6) is 5.75 Å². The highest BCUT2D eigenvalue weighted by molar-refractivity contribution is 7.17. The normalized spacial score (nSPS) is 15.6. The number of carbonyl (C=O) groups is 2. The topological polar surface area (TPSA) is 89.6 Å². The highest BCUT2D eigenvalue weighted by Gasteiger charge is 2.19. The number of nitrogens with zero attached hydrogens (tertiary/aromatic N) is 1. The number of anilines is 1. The molecule has 162 valence electrons. The number of nitrogens with one attached hydrogen (secondary N) is 2. The van der Waals surface area contributed by atoms with Gasteiger partial charge in [0.1, 0.15) is 12.4 Å². The molecule has 1 atom stereocenters. The summed E-state index contributed by atoms with van der Waals surface area (Å²) < 4.78 is 11.5. The molecule has 0 bridgehead atoms. The fraction of sp³-hybridized carbons (Fsp3) is 0.318. The second-order valence-electron chi connectivity index (χ2n) is 7.11. The molecule has 1 aliphatic rings. The summed E-state index contributed by atoms with van der Waals surface area (Å²) in [5, 5.41) is 8.08. The molecule has 2 amide bonds. The number of carbonyl (C=O) groups excluding carboxylic acids is 2. The van der Waals surface area contributed by atoms with Crippen molar-refractivity contribution in [2.24, 2.45) is 0 Å². The van der Waals surface area contributed by atoms with Crippen molar-refractivity contribution in [2.75, 3.05) is 18.5 Å². The van der Waals surface area contributed by atoms with Crippen LogP contribution < -0.4 is 15.4 Å². The molecule has 1 aromatic carbocycles. The first-order valence-corrected chi connectivity index (χ1v) is 11.7. The summed E-state index contributed by atoms with van der Waals surface area (Å²) in [6.45, 7) is 3.19. The third-order valence-corrected chi connectivity index (χ3v) is 6.60. The molecule has 3 heterocycles. The molecule has 1 fully saturated rings. The Balaban J connectivity index is 1.39. The van der Waals surface area contributed by atoms with Crippen molar-refractivity contribution < 1.29 is 19.1 Å². The van der Waals surface area contributed by atoms with Crippen LogP contribution in [-0.4, -0.2) is 36.1 Å². The molecule has 4 rings (SSSR count). The average molecular weight is 458 g/mol. The Morgan fingerprint density at radius 3 is 2.94 bits per heavy atom. The molecule has 2 N–H and O–H groups in total. The number of rotatable bonds is 8. The molecule has 1 saturated heterocycles. The largest absolute Gasteiger partial charge is 0.490 e. The van der Waals surface area contributed by atoms with Crippen LogP contribution in [0.15, 0.2) is 41.8 Å². The van der Waals surface area contributed by atoms with E-state index in [2.05, 4.69) is 15.6 Å². The molecule has 9 heteroatoms. The van der Waals surface area contributed by atoms with Gasteiger partial charge in [-0.2, -0.15) is 0 Å². The molecule has 7 nitrogen and oxygen atoms in total. The number of benzene rings is 1. The van der Waals surface area contributed by atoms with Gasteiger partial charge >= 0.3 is 0 Å². The number of hydrogen-bond donors (Lipinski definition) is 2. The molecule has 0 spiro atoms. The van der Waals surface area contributed by atoms with E-state index in [4.69, 9.17) is 9.47 Å². The van der Waals surface area contributed by atoms with Gasteiger partial charge < -0.3 is 14.8 Å². The predicted octanol–water partition coefficient (Wildman–Crippen LogP) is 4.32. The first-order chi connectivity index (χ1) is 15.1. The fourth-order valence-corrected chi connectivity index (χ4v) is 4.86. The molecule has 0 aliphatic carbocycles. The molecular formula is C22H23N3O4S2. The number of ether oxygens (including phenoxy) is 2. The van der Waals surface area contributed by atoms with E-state index in [0.717, 1.165) is 34.9 Å². The smallest absolute Gasteiger partial charge is 0.261 e. The number of hydrogen-bond acceptors (Lipinski definition) is 7. The van der Waals surface area contributed by atoms with Gasteiger partial charge in [-0.25, -0.2) is 4.98 Å². The summed E-state index contributed by atoms with van der Waals surface area (Å²) in [5.41, 5.74) is 1.26. The molecule has 1 aliphatic heterocycles. The monoisotopic (exact) mass is 457 g/mol. The van der Waals surface area contributed by atoms with Crippen LogP contribution in [0.3, 0.4) is 0 Å². The lowest BCUT2D eigenvalue weighted by Gasteiger charge is -2.14. The first-order valence-electron chi connectivity index (χ1n) is 10.0. The van der Waals surface area contributed by atoms with E-state index in [1.54, 1.807) is 23.5 Å². The van der Waals surface area contributed by atoms with Crippen LogP contribution in [0.2, 0.25) is 0 Å². The van der Waals surface area contributed by atoms with Crippen LogP contribution in [0.4, 0.5) is 5.13 Å². The fourth-order valence-electron chi connectivity index (χ4n) is 3.17. The third-order valence-electron chi connectivity index (χ3n) is 4.73. The second-order valence-corrected chi connectivity index (χ2v) is 9.14. The van der Waals surface area contributed by atoms with Crippen LogP contribution in [-0.2, 0) is 16.1 Å². The number of amides is 2. The third kappa shape index (κ3) is 5.69. The van der Waals surface area contributed by atoms with E-state index >= 15 is 0 Å². The Kier molecular flexibility index (Phi) is 6.96. The van der Waals surface area contributed by atoms with E-state index in [-0.39, 0.29) is 17.9 Å². The van der Waals surface area contributed by atoms with Crippen molar-refractivity contribution >= 4 is 39.6 Å². The number of thiazole rings is 1. The minimum atomic E-state index is -0.263. The summed E-state index contributed by atoms with van der Waals surface area (Å²) >= 11 is 2.93. The van der Waals surface area contributed by atoms with Crippen molar-refractivity contribution in [2.45, 2.75) is 32.4 Å². The van der Waals surface area contributed by atoms with Crippen LogP contribution >= 0.6 is 22.7 Å². The SMILES string of the molecule is CC(=O)NCc1ccc(-c2csc(NC(=O)c3ccccc3OCC3CCCO3)n2)s1. The van der Waals surface area contributed by atoms with Gasteiger partial charge in [-0.15, -0.1) is 22.7 Å². The molecule has 1 unspecified atom stereocenters. The van der Waals surface area contributed by atoms with Crippen molar-refractivity contribution in [3.8, 4) is 16.3 Å². The minimum Gasteiger partial charge on any atom is -0.490 e. The molecule has 2 aromatic heterocycles. The number of para-hydroxylation sites is 1. The Hall–Kier alpha value is -2.75. The number of aromatic nitrogens is 1. The van der Waals surface area contributed by atoms with Gasteiger partial charge in [-0.05, 0) is 37.1 Å². The quantitative estimate of drug-likeness (QED) is 0.526. The second kappa shape index (κ2) is 10.0. The molecule has 0 saturated carbocycles. The van der Waals surface area contributed by atoms with Gasteiger partial charge in [0, 0.05) is 23.8 Å². The summed E-state index contributed by atoms with van der Waals surface area (Å²) in [4.78, 5) is 30.5. The average Bonchev–Trinajstić information content (AvgIpc) is 3.52. The zero-order chi connectivity index (χ0) is 21.6. The van der Waals surface area contributed by atoms with Gasteiger partial charge in [0.2, 0.25) is 5.91 Å². The maximum absolute atomic E-state index is 12.8. The molecule has 3 aromatic rings. The number of thiophene rings is 1. The molecule has 31 heavy (non-hydrogen) atoms. The lowest BCUT2D eigenvalue weighted by molar-refractivity contribution is -0.119. The van der Waals surface area contributed by atoms with Crippen molar-refractivity contribution in [3.05, 3.63) is 52.2 Å². The van der Waals surface area contributed by atoms with E-state index < -0.39 is 0 Å².